The number of nitrogens with one attached hydrogen (secondary N) is 1. The number of hydrogen-bond acceptors (Lipinski definition) is 5. The highest BCUT2D eigenvalue weighted by Crippen LogP contribution is 2.25. The topological polar surface area (TPSA) is 55.4 Å². The predicted octanol–water partition coefficient (Wildman–Crippen LogP) is 4.02. The Morgan fingerprint density at radius 2 is 2.00 bits per heavy atom. The summed E-state index contributed by atoms with van der Waals surface area (Å²) in [5, 5.41) is 2.65. The van der Waals surface area contributed by atoms with Crippen LogP contribution in [0.4, 0.5) is 4.39 Å². The van der Waals surface area contributed by atoms with Crippen LogP contribution in [-0.4, -0.2) is 23.7 Å². The first kappa shape index (κ1) is 19.8. The first-order chi connectivity index (χ1) is 11.9. The van der Waals surface area contributed by atoms with Gasteiger partial charge in [0.2, 0.25) is 0 Å². The Bertz CT molecular complexity index is 721. The number of hydrogen-bond donors (Lipinski definition) is 1. The van der Waals surface area contributed by atoms with Crippen molar-refractivity contribution in [1.82, 2.24) is 5.32 Å². The fraction of sp³-hybridized carbons (Fsp3) is 0.294. The van der Waals surface area contributed by atoms with E-state index in [-0.39, 0.29) is 18.1 Å². The SMILES string of the molecule is C[C@@H](OC(=O)CSCc1ccc(Cl)s1)C(=O)NCc1ccc(F)cc1. The molecular weight excluding hydrogens is 385 g/mol. The molecule has 4 nitrogen and oxygen atoms in total. The van der Waals surface area contributed by atoms with E-state index in [2.05, 4.69) is 5.32 Å². The second-order valence-electron chi connectivity index (χ2n) is 5.17. The predicted molar refractivity (Wildman–Crippen MR) is 99.3 cm³/mol. The van der Waals surface area contributed by atoms with Crippen molar-refractivity contribution in [3.05, 3.63) is 57.0 Å². The van der Waals surface area contributed by atoms with Gasteiger partial charge in [0, 0.05) is 17.2 Å². The zero-order valence-corrected chi connectivity index (χ0v) is 15.8. The Labute approximate surface area is 158 Å². The maximum absolute atomic E-state index is 12.8. The highest BCUT2D eigenvalue weighted by molar-refractivity contribution is 7.99. The summed E-state index contributed by atoms with van der Waals surface area (Å²) in [6, 6.07) is 9.54. The quantitative estimate of drug-likeness (QED) is 0.679. The summed E-state index contributed by atoms with van der Waals surface area (Å²) in [6.45, 7) is 1.76. The molecule has 1 atom stereocenters. The van der Waals surface area contributed by atoms with Crippen LogP contribution >= 0.6 is 34.7 Å². The van der Waals surface area contributed by atoms with Gasteiger partial charge in [-0.25, -0.2) is 4.39 Å². The van der Waals surface area contributed by atoms with Crippen LogP contribution in [0.2, 0.25) is 4.34 Å². The third-order valence-corrected chi connectivity index (χ3v) is 5.52. The molecule has 1 heterocycles. The summed E-state index contributed by atoms with van der Waals surface area (Å²) in [7, 11) is 0. The molecule has 0 aliphatic rings. The summed E-state index contributed by atoms with van der Waals surface area (Å²) in [6.07, 6.45) is -0.885. The molecule has 0 aliphatic carbocycles. The molecular formula is C17H17ClFNO3S2. The Morgan fingerprint density at radius 3 is 2.64 bits per heavy atom. The Hall–Kier alpha value is -1.57. The number of halogens is 2. The van der Waals surface area contributed by atoms with E-state index in [9.17, 15) is 14.0 Å². The Balaban J connectivity index is 1.66. The number of amides is 1. The van der Waals surface area contributed by atoms with Crippen LogP contribution < -0.4 is 5.32 Å². The zero-order chi connectivity index (χ0) is 18.2. The van der Waals surface area contributed by atoms with Crippen molar-refractivity contribution >= 4 is 46.6 Å². The molecule has 1 amide bonds. The number of carbonyl (C=O) groups is 2. The molecule has 0 saturated heterocycles. The van der Waals surface area contributed by atoms with Gasteiger partial charge < -0.3 is 10.1 Å². The van der Waals surface area contributed by atoms with Crippen LogP contribution in [-0.2, 0) is 26.6 Å². The lowest BCUT2D eigenvalue weighted by atomic mass is 10.2. The summed E-state index contributed by atoms with van der Waals surface area (Å²) < 4.78 is 18.6. The molecule has 0 spiro atoms. The van der Waals surface area contributed by atoms with Crippen LogP contribution in [0.3, 0.4) is 0 Å². The minimum absolute atomic E-state index is 0.158. The lowest BCUT2D eigenvalue weighted by Gasteiger charge is -2.13. The van der Waals surface area contributed by atoms with Crippen molar-refractivity contribution in [3.63, 3.8) is 0 Å². The first-order valence-corrected chi connectivity index (χ1v) is 9.82. The van der Waals surface area contributed by atoms with Crippen LogP contribution in [0.15, 0.2) is 36.4 Å². The third kappa shape index (κ3) is 7.05. The van der Waals surface area contributed by atoms with Crippen LogP contribution in [0.25, 0.3) is 0 Å². The van der Waals surface area contributed by atoms with Gasteiger partial charge in [-0.3, -0.25) is 9.59 Å². The van der Waals surface area contributed by atoms with E-state index in [0.29, 0.717) is 10.1 Å². The maximum atomic E-state index is 12.8. The number of thioether (sulfide) groups is 1. The average molecular weight is 402 g/mol. The van der Waals surface area contributed by atoms with Gasteiger partial charge in [0.25, 0.3) is 5.91 Å². The highest BCUT2D eigenvalue weighted by atomic mass is 35.5. The van der Waals surface area contributed by atoms with Crippen molar-refractivity contribution in [2.75, 3.05) is 5.75 Å². The molecule has 134 valence electrons. The first-order valence-electron chi connectivity index (χ1n) is 7.47. The molecule has 1 aromatic heterocycles. The van der Waals surface area contributed by atoms with Gasteiger partial charge >= 0.3 is 5.97 Å². The second-order valence-corrected chi connectivity index (χ2v) is 7.96. The number of rotatable bonds is 8. The summed E-state index contributed by atoms with van der Waals surface area (Å²) in [4.78, 5) is 24.8. The lowest BCUT2D eigenvalue weighted by Crippen LogP contribution is -2.35. The third-order valence-electron chi connectivity index (χ3n) is 3.15. The van der Waals surface area contributed by atoms with Gasteiger partial charge in [-0.1, -0.05) is 23.7 Å². The number of carbonyl (C=O) groups excluding carboxylic acids is 2. The van der Waals surface area contributed by atoms with E-state index in [4.69, 9.17) is 16.3 Å². The van der Waals surface area contributed by atoms with Crippen molar-refractivity contribution in [2.24, 2.45) is 0 Å². The standard InChI is InChI=1S/C17H17ClFNO3S2/c1-11(17(22)20-8-12-2-4-13(19)5-3-12)23-16(21)10-24-9-14-6-7-15(18)25-14/h2-7,11H,8-10H2,1H3,(H,20,22)/t11-/m1/s1. The molecule has 8 heteroatoms. The largest absolute Gasteiger partial charge is 0.452 e. The number of esters is 1. The van der Waals surface area contributed by atoms with Crippen LogP contribution in [0.5, 0.6) is 0 Å². The van der Waals surface area contributed by atoms with Gasteiger partial charge in [-0.05, 0) is 36.8 Å². The molecule has 1 aromatic carbocycles. The minimum atomic E-state index is -0.885. The van der Waals surface area contributed by atoms with E-state index in [1.165, 1.54) is 42.2 Å². The fourth-order valence-corrected chi connectivity index (χ4v) is 3.89. The molecule has 0 fully saturated rings. The zero-order valence-electron chi connectivity index (χ0n) is 13.5. The number of thiophene rings is 1. The molecule has 2 rings (SSSR count). The van der Waals surface area contributed by atoms with Gasteiger partial charge in [-0.2, -0.15) is 0 Å². The molecule has 0 aliphatic heterocycles. The smallest absolute Gasteiger partial charge is 0.316 e. The molecule has 1 N–H and O–H groups in total. The molecule has 0 unspecified atom stereocenters. The number of benzene rings is 1. The van der Waals surface area contributed by atoms with Crippen molar-refractivity contribution in [3.8, 4) is 0 Å². The average Bonchev–Trinajstić information content (AvgIpc) is 2.99. The van der Waals surface area contributed by atoms with Crippen LogP contribution in [0.1, 0.15) is 17.4 Å². The second kappa shape index (κ2) is 9.79. The molecule has 2 aromatic rings. The normalized spacial score (nSPS) is 11.8. The highest BCUT2D eigenvalue weighted by Gasteiger charge is 2.17. The van der Waals surface area contributed by atoms with E-state index in [1.807, 2.05) is 12.1 Å². The minimum Gasteiger partial charge on any atom is -0.452 e. The molecule has 25 heavy (non-hydrogen) atoms. The summed E-state index contributed by atoms with van der Waals surface area (Å²) in [5.41, 5.74) is 0.762. The molecule has 0 bridgehead atoms. The van der Waals surface area contributed by atoms with E-state index >= 15 is 0 Å². The van der Waals surface area contributed by atoms with Crippen molar-refractivity contribution < 1.29 is 18.7 Å². The molecule has 0 saturated carbocycles. The monoisotopic (exact) mass is 401 g/mol. The molecule has 0 radical (unpaired) electrons. The van der Waals surface area contributed by atoms with E-state index in [1.54, 1.807) is 12.1 Å². The van der Waals surface area contributed by atoms with Crippen molar-refractivity contribution in [2.45, 2.75) is 25.3 Å². The van der Waals surface area contributed by atoms with Gasteiger partial charge in [0.1, 0.15) is 5.82 Å². The Kier molecular flexibility index (Phi) is 7.74. The Morgan fingerprint density at radius 1 is 1.28 bits per heavy atom. The number of ether oxygens (including phenoxy) is 1. The van der Waals surface area contributed by atoms with Gasteiger partial charge in [0.05, 0.1) is 10.1 Å². The summed E-state index contributed by atoms with van der Waals surface area (Å²) >= 11 is 8.71. The van der Waals surface area contributed by atoms with Gasteiger partial charge in [0.15, 0.2) is 6.10 Å². The van der Waals surface area contributed by atoms with Gasteiger partial charge in [-0.15, -0.1) is 23.1 Å². The lowest BCUT2D eigenvalue weighted by molar-refractivity contribution is -0.152. The summed E-state index contributed by atoms with van der Waals surface area (Å²) in [5.74, 6) is -0.354. The fourth-order valence-electron chi connectivity index (χ4n) is 1.88. The van der Waals surface area contributed by atoms with E-state index in [0.717, 1.165) is 10.4 Å². The van der Waals surface area contributed by atoms with Crippen LogP contribution in [0, 0.1) is 5.82 Å². The van der Waals surface area contributed by atoms with E-state index < -0.39 is 18.0 Å². The van der Waals surface area contributed by atoms with Crippen molar-refractivity contribution in [1.29, 1.82) is 0 Å². The maximum Gasteiger partial charge on any atom is 0.316 e.